The molecular weight excluding hydrogens is 356 g/mol. The first kappa shape index (κ1) is 18.5. The molecule has 4 bridgehead atoms. The van der Waals surface area contributed by atoms with Crippen molar-refractivity contribution in [1.29, 1.82) is 5.26 Å². The maximum Gasteiger partial charge on any atom is 0.263 e. The van der Waals surface area contributed by atoms with Crippen molar-refractivity contribution in [3.63, 3.8) is 0 Å². The highest BCUT2D eigenvalue weighted by Crippen LogP contribution is 2.61. The Morgan fingerprint density at radius 3 is 2.33 bits per heavy atom. The Kier molecular flexibility index (Phi) is 4.75. The summed E-state index contributed by atoms with van der Waals surface area (Å²) in [5.41, 5.74) is 1.31. The quantitative estimate of drug-likeness (QED) is 0.586. The molecule has 4 aliphatic carbocycles. The van der Waals surface area contributed by atoms with Crippen LogP contribution < -0.4 is 10.6 Å². The zero-order valence-electron chi connectivity index (χ0n) is 16.3. The number of rotatable bonds is 5. The molecule has 1 atom stereocenters. The smallest absolute Gasteiger partial charge is 0.263 e. The van der Waals surface area contributed by atoms with Crippen LogP contribution in [0.15, 0.2) is 11.8 Å². The predicted octanol–water partition coefficient (Wildman–Crippen LogP) is 4.30. The first-order valence-corrected chi connectivity index (χ1v) is 10.8. The van der Waals surface area contributed by atoms with E-state index in [1.807, 2.05) is 19.9 Å². The number of hydrogen-bond donors (Lipinski definition) is 2. The lowest BCUT2D eigenvalue weighted by Gasteiger charge is -2.59. The lowest BCUT2D eigenvalue weighted by Crippen LogP contribution is -2.56. The summed E-state index contributed by atoms with van der Waals surface area (Å²) in [5, 5.41) is 16.3. The summed E-state index contributed by atoms with van der Waals surface area (Å²) >= 11 is 1.52. The highest BCUT2D eigenvalue weighted by molar-refractivity contribution is 7.15. The Morgan fingerprint density at radius 1 is 1.26 bits per heavy atom. The van der Waals surface area contributed by atoms with E-state index in [9.17, 15) is 10.1 Å². The molecule has 1 amide bonds. The van der Waals surface area contributed by atoms with Gasteiger partial charge in [-0.05, 0) is 82.5 Å². The van der Waals surface area contributed by atoms with E-state index in [2.05, 4.69) is 22.5 Å². The van der Waals surface area contributed by atoms with Gasteiger partial charge in [-0.15, -0.1) is 11.3 Å². The standard InChI is InChI=1S/C21H28N4OS/c1-12-13(2)27-20(24-12)23-11-18(10-22)19(26)25-14(3)21-7-15-4-16(8-21)6-17(5-15)9-21/h11,14-17H,4-9H2,1-3H3,(H,23,24)(H,25,26)/b18-11-. The molecule has 0 aliphatic heterocycles. The number of nitriles is 1. The molecule has 144 valence electrons. The average Bonchev–Trinajstić information content (AvgIpc) is 2.92. The second kappa shape index (κ2) is 6.94. The molecule has 0 saturated heterocycles. The molecule has 1 aromatic rings. The van der Waals surface area contributed by atoms with Crippen molar-refractivity contribution < 1.29 is 4.79 Å². The van der Waals surface area contributed by atoms with E-state index in [0.717, 1.165) is 28.3 Å². The van der Waals surface area contributed by atoms with E-state index in [4.69, 9.17) is 0 Å². The first-order valence-electron chi connectivity index (χ1n) is 10.0. The van der Waals surface area contributed by atoms with Gasteiger partial charge in [0.2, 0.25) is 0 Å². The van der Waals surface area contributed by atoms with Crippen molar-refractivity contribution in [2.24, 2.45) is 23.2 Å². The van der Waals surface area contributed by atoms with Gasteiger partial charge >= 0.3 is 0 Å². The van der Waals surface area contributed by atoms with Gasteiger partial charge in [0.15, 0.2) is 5.13 Å². The summed E-state index contributed by atoms with van der Waals surface area (Å²) in [5.74, 6) is 2.26. The number of amides is 1. The largest absolute Gasteiger partial charge is 0.348 e. The van der Waals surface area contributed by atoms with E-state index in [1.165, 1.54) is 56.1 Å². The summed E-state index contributed by atoms with van der Waals surface area (Å²) in [6, 6.07) is 2.15. The van der Waals surface area contributed by atoms with Crippen molar-refractivity contribution in [3.05, 3.63) is 22.3 Å². The number of carbonyl (C=O) groups excluding carboxylic acids is 1. The third-order valence-electron chi connectivity index (χ3n) is 7.09. The van der Waals surface area contributed by atoms with Crippen LogP contribution in [0.5, 0.6) is 0 Å². The van der Waals surface area contributed by atoms with Crippen LogP contribution in [-0.2, 0) is 4.79 Å². The van der Waals surface area contributed by atoms with E-state index in [-0.39, 0.29) is 22.9 Å². The number of carbonyl (C=O) groups is 1. The van der Waals surface area contributed by atoms with Crippen LogP contribution in [0, 0.1) is 48.3 Å². The Morgan fingerprint density at radius 2 is 1.85 bits per heavy atom. The molecule has 2 N–H and O–H groups in total. The van der Waals surface area contributed by atoms with Crippen molar-refractivity contribution in [3.8, 4) is 6.07 Å². The van der Waals surface area contributed by atoms with Gasteiger partial charge < -0.3 is 10.6 Å². The summed E-state index contributed by atoms with van der Waals surface area (Å²) in [4.78, 5) is 18.2. The number of nitrogens with zero attached hydrogens (tertiary/aromatic N) is 2. The molecule has 4 saturated carbocycles. The number of anilines is 1. The van der Waals surface area contributed by atoms with E-state index < -0.39 is 0 Å². The molecular formula is C21H28N4OS. The van der Waals surface area contributed by atoms with Crippen LogP contribution in [0.2, 0.25) is 0 Å². The van der Waals surface area contributed by atoms with E-state index in [0.29, 0.717) is 5.13 Å². The van der Waals surface area contributed by atoms with Gasteiger partial charge in [-0.1, -0.05) is 0 Å². The number of aromatic nitrogens is 1. The summed E-state index contributed by atoms with van der Waals surface area (Å²) in [7, 11) is 0. The Balaban J connectivity index is 1.42. The number of nitrogens with one attached hydrogen (secondary N) is 2. The van der Waals surface area contributed by atoms with Crippen molar-refractivity contribution >= 4 is 22.4 Å². The minimum Gasteiger partial charge on any atom is -0.348 e. The normalized spacial score (nSPS) is 32.8. The molecule has 0 radical (unpaired) electrons. The highest BCUT2D eigenvalue weighted by atomic mass is 32.1. The summed E-state index contributed by atoms with van der Waals surface area (Å²) < 4.78 is 0. The van der Waals surface area contributed by atoms with Gasteiger partial charge in [0.1, 0.15) is 11.6 Å². The number of thiazole rings is 1. The highest BCUT2D eigenvalue weighted by Gasteiger charge is 2.53. The molecule has 4 aliphatic rings. The minimum atomic E-state index is -0.279. The van der Waals surface area contributed by atoms with Gasteiger partial charge in [0.25, 0.3) is 5.91 Å². The number of aryl methyl sites for hydroxylation is 2. The van der Waals surface area contributed by atoms with Gasteiger partial charge in [-0.3, -0.25) is 4.79 Å². The first-order chi connectivity index (χ1) is 12.9. The summed E-state index contributed by atoms with van der Waals surface area (Å²) in [6.45, 7) is 6.10. The Labute approximate surface area is 165 Å². The lowest BCUT2D eigenvalue weighted by molar-refractivity contribution is -0.122. The van der Waals surface area contributed by atoms with Crippen molar-refractivity contribution in [2.45, 2.75) is 65.3 Å². The molecule has 1 heterocycles. The van der Waals surface area contributed by atoms with Gasteiger partial charge in [0, 0.05) is 17.1 Å². The van der Waals surface area contributed by atoms with Crippen LogP contribution in [0.3, 0.4) is 0 Å². The molecule has 4 fully saturated rings. The number of hydrogen-bond acceptors (Lipinski definition) is 5. The van der Waals surface area contributed by atoms with Crippen molar-refractivity contribution in [2.75, 3.05) is 5.32 Å². The zero-order chi connectivity index (χ0) is 19.2. The predicted molar refractivity (Wildman–Crippen MR) is 107 cm³/mol. The van der Waals surface area contributed by atoms with Crippen LogP contribution in [0.1, 0.15) is 56.0 Å². The van der Waals surface area contributed by atoms with Crippen LogP contribution in [-0.4, -0.2) is 16.9 Å². The third-order valence-corrected chi connectivity index (χ3v) is 8.09. The average molecular weight is 385 g/mol. The monoisotopic (exact) mass is 384 g/mol. The van der Waals surface area contributed by atoms with E-state index >= 15 is 0 Å². The molecule has 0 spiro atoms. The molecule has 1 unspecified atom stereocenters. The van der Waals surface area contributed by atoms with E-state index in [1.54, 1.807) is 0 Å². The molecule has 0 aromatic carbocycles. The lowest BCUT2D eigenvalue weighted by atomic mass is 9.48. The van der Waals surface area contributed by atoms with Crippen LogP contribution in [0.25, 0.3) is 0 Å². The van der Waals surface area contributed by atoms with Crippen molar-refractivity contribution in [1.82, 2.24) is 10.3 Å². The fraction of sp³-hybridized carbons (Fsp3) is 0.667. The molecule has 6 heteroatoms. The second-order valence-electron chi connectivity index (χ2n) is 8.95. The molecule has 5 rings (SSSR count). The SMILES string of the molecule is Cc1nc(N/C=C(/C#N)C(=O)NC(C)C23CC4CC(CC(C4)C2)C3)sc1C. The fourth-order valence-electron chi connectivity index (χ4n) is 5.95. The maximum atomic E-state index is 12.7. The van der Waals surface area contributed by atoms with Crippen LogP contribution in [0.4, 0.5) is 5.13 Å². The zero-order valence-corrected chi connectivity index (χ0v) is 17.2. The van der Waals surface area contributed by atoms with Gasteiger partial charge in [0.05, 0.1) is 5.69 Å². The minimum absolute atomic E-state index is 0.108. The molecule has 1 aromatic heterocycles. The van der Waals surface area contributed by atoms with Crippen LogP contribution >= 0.6 is 11.3 Å². The second-order valence-corrected chi connectivity index (χ2v) is 10.2. The topological polar surface area (TPSA) is 77.8 Å². The molecule has 5 nitrogen and oxygen atoms in total. The fourth-order valence-corrected chi connectivity index (χ4v) is 6.74. The Hall–Kier alpha value is -1.87. The third kappa shape index (κ3) is 3.50. The van der Waals surface area contributed by atoms with Gasteiger partial charge in [-0.25, -0.2) is 4.98 Å². The molecule has 27 heavy (non-hydrogen) atoms. The van der Waals surface area contributed by atoms with Gasteiger partial charge in [-0.2, -0.15) is 5.26 Å². The maximum absolute atomic E-state index is 12.7. The summed E-state index contributed by atoms with van der Waals surface area (Å²) in [6.07, 6.45) is 9.37. The Bertz CT molecular complexity index is 764.